The Morgan fingerprint density at radius 1 is 0.941 bits per heavy atom. The molecule has 2 nitrogen and oxygen atoms in total. The molecule has 2 heteroatoms. The van der Waals surface area contributed by atoms with Gasteiger partial charge in [-0.2, -0.15) is 0 Å². The summed E-state index contributed by atoms with van der Waals surface area (Å²) in [4.78, 5) is 4.33. The van der Waals surface area contributed by atoms with Crippen molar-refractivity contribution in [1.82, 2.24) is 0 Å². The van der Waals surface area contributed by atoms with E-state index in [0.29, 0.717) is 6.42 Å². The molecule has 0 saturated carbocycles. The summed E-state index contributed by atoms with van der Waals surface area (Å²) in [6.07, 6.45) is 2.31. The highest BCUT2D eigenvalue weighted by atomic mass is 16.3. The Hall–Kier alpha value is -1.93. The van der Waals surface area contributed by atoms with E-state index >= 15 is 0 Å². The lowest BCUT2D eigenvalue weighted by atomic mass is 9.82. The second-order valence-electron chi connectivity index (χ2n) is 4.26. The molecule has 0 fully saturated rings. The summed E-state index contributed by atoms with van der Waals surface area (Å²) in [6, 6.07) is 17.5. The van der Waals surface area contributed by atoms with Gasteiger partial charge in [0.2, 0.25) is 0 Å². The van der Waals surface area contributed by atoms with E-state index in [0.717, 1.165) is 16.8 Å². The Morgan fingerprint density at radius 3 is 2.47 bits per heavy atom. The lowest BCUT2D eigenvalue weighted by molar-refractivity contribution is 0.0893. The summed E-state index contributed by atoms with van der Waals surface area (Å²) < 4.78 is 0. The minimum absolute atomic E-state index is 0.522. The number of nitrogens with zero attached hydrogens (tertiary/aromatic N) is 1. The van der Waals surface area contributed by atoms with E-state index in [9.17, 15) is 5.11 Å². The first kappa shape index (κ1) is 10.2. The molecule has 1 aliphatic rings. The SMILES string of the molecule is OC1(c2ccccc2)CC=Nc2ccccc21. The van der Waals surface area contributed by atoms with E-state index < -0.39 is 5.60 Å². The Morgan fingerprint density at radius 2 is 1.65 bits per heavy atom. The molecule has 1 unspecified atom stereocenters. The number of hydrogen-bond acceptors (Lipinski definition) is 2. The Labute approximate surface area is 100 Å². The van der Waals surface area contributed by atoms with Crippen LogP contribution in [-0.2, 0) is 5.60 Å². The molecule has 2 aromatic carbocycles. The van der Waals surface area contributed by atoms with Crippen molar-refractivity contribution >= 4 is 11.9 Å². The van der Waals surface area contributed by atoms with Gasteiger partial charge in [0.15, 0.2) is 0 Å². The number of hydrogen-bond donors (Lipinski definition) is 1. The van der Waals surface area contributed by atoms with E-state index in [4.69, 9.17) is 0 Å². The van der Waals surface area contributed by atoms with Crippen molar-refractivity contribution in [2.24, 2.45) is 4.99 Å². The second kappa shape index (κ2) is 3.82. The first-order chi connectivity index (χ1) is 8.31. The molecule has 0 radical (unpaired) electrons. The number of fused-ring (bicyclic) bond motifs is 1. The molecule has 1 atom stereocenters. The lowest BCUT2D eigenvalue weighted by Crippen LogP contribution is -2.29. The van der Waals surface area contributed by atoms with Gasteiger partial charge in [0.25, 0.3) is 0 Å². The maximum absolute atomic E-state index is 10.9. The molecule has 0 bridgehead atoms. The number of rotatable bonds is 1. The molecule has 0 aromatic heterocycles. The van der Waals surface area contributed by atoms with E-state index in [1.165, 1.54) is 0 Å². The number of aliphatic hydroxyl groups is 1. The fraction of sp³-hybridized carbons (Fsp3) is 0.133. The molecular formula is C15H13NO. The summed E-state index contributed by atoms with van der Waals surface area (Å²) in [7, 11) is 0. The third kappa shape index (κ3) is 1.58. The molecule has 1 heterocycles. The molecular weight excluding hydrogens is 210 g/mol. The molecule has 0 saturated heterocycles. The minimum atomic E-state index is -0.945. The van der Waals surface area contributed by atoms with Crippen LogP contribution in [0.2, 0.25) is 0 Å². The summed E-state index contributed by atoms with van der Waals surface area (Å²) in [5.41, 5.74) is 1.71. The van der Waals surface area contributed by atoms with Crippen LogP contribution in [0.25, 0.3) is 0 Å². The number of benzene rings is 2. The second-order valence-corrected chi connectivity index (χ2v) is 4.26. The minimum Gasteiger partial charge on any atom is -0.380 e. The van der Waals surface area contributed by atoms with Crippen LogP contribution in [0.4, 0.5) is 5.69 Å². The van der Waals surface area contributed by atoms with Crippen LogP contribution in [-0.4, -0.2) is 11.3 Å². The van der Waals surface area contributed by atoms with Gasteiger partial charge in [-0.25, -0.2) is 0 Å². The zero-order chi connectivity index (χ0) is 11.7. The van der Waals surface area contributed by atoms with E-state index in [1.807, 2.05) is 54.6 Å². The lowest BCUT2D eigenvalue weighted by Gasteiger charge is -2.31. The molecule has 0 spiro atoms. The van der Waals surface area contributed by atoms with Crippen LogP contribution in [0.3, 0.4) is 0 Å². The van der Waals surface area contributed by atoms with Crippen LogP contribution in [0.5, 0.6) is 0 Å². The quantitative estimate of drug-likeness (QED) is 0.791. The van der Waals surface area contributed by atoms with E-state index in [2.05, 4.69) is 4.99 Å². The van der Waals surface area contributed by atoms with Crippen LogP contribution in [0.1, 0.15) is 17.5 Å². The van der Waals surface area contributed by atoms with Gasteiger partial charge in [-0.15, -0.1) is 0 Å². The fourth-order valence-corrected chi connectivity index (χ4v) is 2.31. The van der Waals surface area contributed by atoms with Gasteiger partial charge in [0.1, 0.15) is 5.60 Å². The third-order valence-corrected chi connectivity index (χ3v) is 3.22. The van der Waals surface area contributed by atoms with Crippen LogP contribution in [0, 0.1) is 0 Å². The van der Waals surface area contributed by atoms with E-state index in [1.54, 1.807) is 6.21 Å². The van der Waals surface area contributed by atoms with Crippen molar-refractivity contribution in [3.8, 4) is 0 Å². The first-order valence-corrected chi connectivity index (χ1v) is 5.71. The van der Waals surface area contributed by atoms with E-state index in [-0.39, 0.29) is 0 Å². The van der Waals surface area contributed by atoms with Gasteiger partial charge in [-0.1, -0.05) is 48.5 Å². The molecule has 0 aliphatic carbocycles. The highest BCUT2D eigenvalue weighted by molar-refractivity contribution is 5.73. The Balaban J connectivity index is 2.19. The van der Waals surface area contributed by atoms with Crippen molar-refractivity contribution in [2.45, 2.75) is 12.0 Å². The molecule has 3 rings (SSSR count). The normalized spacial score (nSPS) is 22.2. The van der Waals surface area contributed by atoms with Crippen LogP contribution < -0.4 is 0 Å². The van der Waals surface area contributed by atoms with Gasteiger partial charge in [0, 0.05) is 18.2 Å². The summed E-state index contributed by atoms with van der Waals surface area (Å²) >= 11 is 0. The molecule has 17 heavy (non-hydrogen) atoms. The highest BCUT2D eigenvalue weighted by Gasteiger charge is 2.34. The predicted molar refractivity (Wildman–Crippen MR) is 68.7 cm³/mol. The smallest absolute Gasteiger partial charge is 0.122 e. The van der Waals surface area contributed by atoms with Gasteiger partial charge >= 0.3 is 0 Å². The highest BCUT2D eigenvalue weighted by Crippen LogP contribution is 2.40. The maximum Gasteiger partial charge on any atom is 0.122 e. The maximum atomic E-state index is 10.9. The van der Waals surface area contributed by atoms with Gasteiger partial charge < -0.3 is 5.11 Å². The van der Waals surface area contributed by atoms with Crippen LogP contribution in [0.15, 0.2) is 59.6 Å². The Bertz CT molecular complexity index is 562. The van der Waals surface area contributed by atoms with Crippen molar-refractivity contribution in [2.75, 3.05) is 0 Å². The average molecular weight is 223 g/mol. The number of aliphatic imine (C=N–C) groups is 1. The predicted octanol–water partition coefficient (Wildman–Crippen LogP) is 3.03. The number of para-hydroxylation sites is 1. The van der Waals surface area contributed by atoms with Gasteiger partial charge in [-0.3, -0.25) is 4.99 Å². The zero-order valence-corrected chi connectivity index (χ0v) is 9.38. The third-order valence-electron chi connectivity index (χ3n) is 3.22. The molecule has 1 N–H and O–H groups in total. The first-order valence-electron chi connectivity index (χ1n) is 5.71. The van der Waals surface area contributed by atoms with Gasteiger partial charge in [0.05, 0.1) is 5.69 Å². The summed E-state index contributed by atoms with van der Waals surface area (Å²) in [5, 5.41) is 10.9. The standard InChI is InChI=1S/C15H13NO/c17-15(12-6-2-1-3-7-12)10-11-16-14-9-5-4-8-13(14)15/h1-9,11,17H,10H2. The van der Waals surface area contributed by atoms with Crippen molar-refractivity contribution in [1.29, 1.82) is 0 Å². The Kier molecular flexibility index (Phi) is 2.30. The van der Waals surface area contributed by atoms with Crippen molar-refractivity contribution in [3.05, 3.63) is 65.7 Å². The fourth-order valence-electron chi connectivity index (χ4n) is 2.31. The molecule has 1 aliphatic heterocycles. The molecule has 2 aromatic rings. The zero-order valence-electron chi connectivity index (χ0n) is 9.38. The largest absolute Gasteiger partial charge is 0.380 e. The van der Waals surface area contributed by atoms with Crippen molar-refractivity contribution < 1.29 is 5.11 Å². The molecule has 0 amide bonds. The summed E-state index contributed by atoms with van der Waals surface area (Å²) in [6.45, 7) is 0. The average Bonchev–Trinajstić information content (AvgIpc) is 2.40. The monoisotopic (exact) mass is 223 g/mol. The molecule has 84 valence electrons. The topological polar surface area (TPSA) is 32.6 Å². The van der Waals surface area contributed by atoms with Crippen LogP contribution >= 0.6 is 0 Å². The van der Waals surface area contributed by atoms with Crippen molar-refractivity contribution in [3.63, 3.8) is 0 Å². The van der Waals surface area contributed by atoms with Gasteiger partial charge in [-0.05, 0) is 11.6 Å². The summed E-state index contributed by atoms with van der Waals surface area (Å²) in [5.74, 6) is 0.